The molecule has 0 aliphatic carbocycles. The highest BCUT2D eigenvalue weighted by Crippen LogP contribution is 2.17. The quantitative estimate of drug-likeness (QED) is 0.892. The Morgan fingerprint density at radius 2 is 1.94 bits per heavy atom. The third-order valence-electron chi connectivity index (χ3n) is 1.99. The van der Waals surface area contributed by atoms with Crippen LogP contribution in [0.15, 0.2) is 24.3 Å². The number of nitrogens with one attached hydrogen (secondary N) is 1. The first kappa shape index (κ1) is 14.3. The molecule has 0 spiro atoms. The van der Waals surface area contributed by atoms with Crippen molar-refractivity contribution < 1.29 is 9.53 Å². The topological polar surface area (TPSA) is 62.1 Å². The molecular formula is C13H15ClN2O2. The van der Waals surface area contributed by atoms with E-state index in [1.165, 1.54) is 0 Å². The number of carbonyl (C=O) groups excluding carboxylic acids is 1. The van der Waals surface area contributed by atoms with Crippen LogP contribution >= 0.6 is 11.6 Å². The lowest BCUT2D eigenvalue weighted by Crippen LogP contribution is -2.34. The highest BCUT2D eigenvalue weighted by molar-refractivity contribution is 6.30. The smallest absolute Gasteiger partial charge is 0.408 e. The monoisotopic (exact) mass is 266 g/mol. The number of halogens is 1. The lowest BCUT2D eigenvalue weighted by Gasteiger charge is -2.21. The Morgan fingerprint density at radius 3 is 2.39 bits per heavy atom. The van der Waals surface area contributed by atoms with Crippen molar-refractivity contribution in [2.45, 2.75) is 32.4 Å². The van der Waals surface area contributed by atoms with Crippen LogP contribution in [0, 0.1) is 11.3 Å². The van der Waals surface area contributed by atoms with Gasteiger partial charge in [0.05, 0.1) is 6.07 Å². The SMILES string of the molecule is CC(C)(C)OC(=O)NC(C#N)c1ccc(Cl)cc1. The van der Waals surface area contributed by atoms with Gasteiger partial charge in [0.15, 0.2) is 0 Å². The normalized spacial score (nSPS) is 12.4. The van der Waals surface area contributed by atoms with Crippen LogP contribution in [0.25, 0.3) is 0 Å². The van der Waals surface area contributed by atoms with Gasteiger partial charge < -0.3 is 10.1 Å². The Bertz CT molecular complexity index is 457. The standard InChI is InChI=1S/C13H15ClN2O2/c1-13(2,3)18-12(17)16-11(8-15)9-4-6-10(14)7-5-9/h4-7,11H,1-3H3,(H,16,17). The Morgan fingerprint density at radius 1 is 1.39 bits per heavy atom. The molecule has 0 radical (unpaired) electrons. The third kappa shape index (κ3) is 4.64. The molecule has 0 aromatic heterocycles. The predicted molar refractivity (Wildman–Crippen MR) is 69.2 cm³/mol. The molecule has 0 aliphatic heterocycles. The summed E-state index contributed by atoms with van der Waals surface area (Å²) in [5, 5.41) is 12.1. The highest BCUT2D eigenvalue weighted by Gasteiger charge is 2.20. The van der Waals surface area contributed by atoms with Crippen molar-refractivity contribution >= 4 is 17.7 Å². The van der Waals surface area contributed by atoms with Gasteiger partial charge in [0.25, 0.3) is 0 Å². The first-order chi connectivity index (χ1) is 8.31. The molecule has 18 heavy (non-hydrogen) atoms. The zero-order chi connectivity index (χ0) is 13.8. The molecule has 1 rings (SSSR count). The second-order valence-corrected chi connectivity index (χ2v) is 5.20. The van der Waals surface area contributed by atoms with Gasteiger partial charge in [0, 0.05) is 5.02 Å². The number of hydrogen-bond acceptors (Lipinski definition) is 3. The van der Waals surface area contributed by atoms with Crippen molar-refractivity contribution in [3.63, 3.8) is 0 Å². The van der Waals surface area contributed by atoms with Gasteiger partial charge in [0.1, 0.15) is 11.6 Å². The molecule has 0 saturated carbocycles. The van der Waals surface area contributed by atoms with Crippen LogP contribution in [0.3, 0.4) is 0 Å². The van der Waals surface area contributed by atoms with Crippen molar-refractivity contribution in [3.05, 3.63) is 34.9 Å². The number of nitriles is 1. The number of alkyl carbamates (subject to hydrolysis) is 1. The molecule has 5 heteroatoms. The molecule has 1 aromatic carbocycles. The van der Waals surface area contributed by atoms with Gasteiger partial charge in [-0.05, 0) is 38.5 Å². The summed E-state index contributed by atoms with van der Waals surface area (Å²) < 4.78 is 5.09. The molecule has 1 amide bonds. The average molecular weight is 267 g/mol. The molecular weight excluding hydrogens is 252 g/mol. The Kier molecular flexibility index (Phi) is 4.57. The minimum atomic E-state index is -0.753. The molecule has 1 atom stereocenters. The first-order valence-electron chi connectivity index (χ1n) is 5.46. The fourth-order valence-corrected chi connectivity index (χ4v) is 1.40. The zero-order valence-corrected chi connectivity index (χ0v) is 11.3. The van der Waals surface area contributed by atoms with Gasteiger partial charge in [-0.3, -0.25) is 0 Å². The Hall–Kier alpha value is -1.73. The second kappa shape index (κ2) is 5.74. The summed E-state index contributed by atoms with van der Waals surface area (Å²) in [6.07, 6.45) is -0.621. The van der Waals surface area contributed by atoms with Gasteiger partial charge in [-0.1, -0.05) is 23.7 Å². The average Bonchev–Trinajstić information content (AvgIpc) is 2.25. The maximum Gasteiger partial charge on any atom is 0.408 e. The van der Waals surface area contributed by atoms with Crippen LogP contribution in [0.4, 0.5) is 4.79 Å². The maximum absolute atomic E-state index is 11.6. The summed E-state index contributed by atoms with van der Waals surface area (Å²) in [4.78, 5) is 11.6. The van der Waals surface area contributed by atoms with Crippen LogP contribution in [-0.2, 0) is 4.74 Å². The number of rotatable bonds is 2. The number of ether oxygens (including phenoxy) is 1. The van der Waals surface area contributed by atoms with E-state index >= 15 is 0 Å². The molecule has 0 saturated heterocycles. The van der Waals surface area contributed by atoms with Crippen molar-refractivity contribution in [2.24, 2.45) is 0 Å². The van der Waals surface area contributed by atoms with Crippen LogP contribution in [0.2, 0.25) is 5.02 Å². The highest BCUT2D eigenvalue weighted by atomic mass is 35.5. The van der Waals surface area contributed by atoms with E-state index in [1.807, 2.05) is 6.07 Å². The summed E-state index contributed by atoms with van der Waals surface area (Å²) in [6, 6.07) is 7.95. The summed E-state index contributed by atoms with van der Waals surface area (Å²) in [5.41, 5.74) is 0.0668. The largest absolute Gasteiger partial charge is 0.444 e. The van der Waals surface area contributed by atoms with E-state index < -0.39 is 17.7 Å². The molecule has 0 fully saturated rings. The Labute approximate surface area is 112 Å². The zero-order valence-electron chi connectivity index (χ0n) is 10.5. The van der Waals surface area contributed by atoms with Gasteiger partial charge in [-0.2, -0.15) is 5.26 Å². The number of nitrogens with zero attached hydrogens (tertiary/aromatic N) is 1. The van der Waals surface area contributed by atoms with Gasteiger partial charge >= 0.3 is 6.09 Å². The molecule has 96 valence electrons. The molecule has 1 unspecified atom stereocenters. The summed E-state index contributed by atoms with van der Waals surface area (Å²) in [5.74, 6) is 0. The van der Waals surface area contributed by atoms with Crippen molar-refractivity contribution in [1.29, 1.82) is 5.26 Å². The van der Waals surface area contributed by atoms with Crippen LogP contribution < -0.4 is 5.32 Å². The molecule has 1 N–H and O–H groups in total. The molecule has 0 aliphatic rings. The second-order valence-electron chi connectivity index (χ2n) is 4.76. The van der Waals surface area contributed by atoms with E-state index in [-0.39, 0.29) is 0 Å². The molecule has 4 nitrogen and oxygen atoms in total. The van der Waals surface area contributed by atoms with E-state index in [0.717, 1.165) is 0 Å². The predicted octanol–water partition coefficient (Wildman–Crippen LogP) is 3.43. The number of carbonyl (C=O) groups is 1. The van der Waals surface area contributed by atoms with Crippen LogP contribution in [0.1, 0.15) is 32.4 Å². The fraction of sp³-hybridized carbons (Fsp3) is 0.385. The molecule has 1 aromatic rings. The third-order valence-corrected chi connectivity index (χ3v) is 2.25. The van der Waals surface area contributed by atoms with E-state index in [4.69, 9.17) is 21.6 Å². The van der Waals surface area contributed by atoms with Crippen molar-refractivity contribution in [3.8, 4) is 6.07 Å². The minimum absolute atomic E-state index is 0.577. The minimum Gasteiger partial charge on any atom is -0.444 e. The summed E-state index contributed by atoms with van der Waals surface area (Å²) in [6.45, 7) is 5.28. The fourth-order valence-electron chi connectivity index (χ4n) is 1.27. The van der Waals surface area contributed by atoms with E-state index in [9.17, 15) is 4.79 Å². The number of amides is 1. The molecule has 0 heterocycles. The first-order valence-corrected chi connectivity index (χ1v) is 5.84. The Balaban J connectivity index is 2.72. The van der Waals surface area contributed by atoms with E-state index in [1.54, 1.807) is 45.0 Å². The number of hydrogen-bond donors (Lipinski definition) is 1. The van der Waals surface area contributed by atoms with Crippen LogP contribution in [0.5, 0.6) is 0 Å². The lowest BCUT2D eigenvalue weighted by atomic mass is 10.1. The maximum atomic E-state index is 11.6. The van der Waals surface area contributed by atoms with Gasteiger partial charge in [0.2, 0.25) is 0 Å². The van der Waals surface area contributed by atoms with Gasteiger partial charge in [-0.15, -0.1) is 0 Å². The van der Waals surface area contributed by atoms with E-state index in [0.29, 0.717) is 10.6 Å². The van der Waals surface area contributed by atoms with Crippen molar-refractivity contribution in [2.75, 3.05) is 0 Å². The summed E-state index contributed by atoms with van der Waals surface area (Å²) in [7, 11) is 0. The van der Waals surface area contributed by atoms with Crippen molar-refractivity contribution in [1.82, 2.24) is 5.32 Å². The van der Waals surface area contributed by atoms with E-state index in [2.05, 4.69) is 5.32 Å². The van der Waals surface area contributed by atoms with Gasteiger partial charge in [-0.25, -0.2) is 4.79 Å². The van der Waals surface area contributed by atoms with Crippen LogP contribution in [-0.4, -0.2) is 11.7 Å². The number of benzene rings is 1. The lowest BCUT2D eigenvalue weighted by molar-refractivity contribution is 0.0515. The molecule has 0 bridgehead atoms. The summed E-state index contributed by atoms with van der Waals surface area (Å²) >= 11 is 5.76.